The molecular weight excluding hydrogens is 207 g/mol. The predicted molar refractivity (Wildman–Crippen MR) is 50.8 cm³/mol. The third kappa shape index (κ3) is 1.63. The first kappa shape index (κ1) is 9.55. The maximum absolute atomic E-state index is 9.15. The summed E-state index contributed by atoms with van der Waals surface area (Å²) in [6, 6.07) is 0.287. The number of rotatable bonds is 2. The molecule has 0 amide bonds. The van der Waals surface area contributed by atoms with Gasteiger partial charge < -0.3 is 9.84 Å². The fraction of sp³-hybridized carbons (Fsp3) is 1.00. The molecule has 1 heterocycles. The van der Waals surface area contributed by atoms with E-state index in [-0.39, 0.29) is 18.2 Å². The summed E-state index contributed by atoms with van der Waals surface area (Å²) in [4.78, 5) is 0. The highest BCUT2D eigenvalue weighted by atomic mass is 79.9. The van der Waals surface area contributed by atoms with Gasteiger partial charge in [-0.05, 0) is 12.3 Å². The number of hydrogen-bond donors (Lipinski definition) is 1. The number of alkyl halides is 1. The molecule has 1 unspecified atom stereocenters. The van der Waals surface area contributed by atoms with E-state index in [1.54, 1.807) is 0 Å². The Morgan fingerprint density at radius 2 is 2.45 bits per heavy atom. The highest BCUT2D eigenvalue weighted by Crippen LogP contribution is 2.35. The first-order valence-corrected chi connectivity index (χ1v) is 5.11. The molecule has 0 bridgehead atoms. The Kier molecular flexibility index (Phi) is 3.00. The monoisotopic (exact) mass is 220 g/mol. The molecule has 64 valence electrons. The minimum absolute atomic E-state index is 0.115. The molecule has 1 aliphatic heterocycles. The van der Waals surface area contributed by atoms with Crippen molar-refractivity contribution in [3.63, 3.8) is 0 Å². The van der Waals surface area contributed by atoms with Gasteiger partial charge in [-0.25, -0.2) is 0 Å². The maximum atomic E-state index is 9.15. The number of aliphatic hydroxyl groups is 1. The van der Waals surface area contributed by atoms with Crippen LogP contribution in [0.15, 0.2) is 0 Å². The van der Waals surface area contributed by atoms with Crippen molar-refractivity contribution in [3.8, 4) is 0 Å². The van der Waals surface area contributed by atoms with Gasteiger partial charge in [0.25, 0.3) is 0 Å². The van der Waals surface area contributed by atoms with E-state index in [0.717, 1.165) is 11.8 Å². The molecule has 1 fully saturated rings. The van der Waals surface area contributed by atoms with Crippen LogP contribution in [0.4, 0.5) is 0 Å². The minimum atomic E-state index is -0.320. The summed E-state index contributed by atoms with van der Waals surface area (Å²) < 4.78 is 5.66. The summed E-state index contributed by atoms with van der Waals surface area (Å²) >= 11 is 3.38. The first-order chi connectivity index (χ1) is 5.14. The van der Waals surface area contributed by atoms with Crippen LogP contribution in [0.5, 0.6) is 0 Å². The van der Waals surface area contributed by atoms with Gasteiger partial charge in [0.15, 0.2) is 0 Å². The molecule has 0 aliphatic carbocycles. The number of ether oxygens (including phenoxy) is 1. The molecule has 1 rings (SSSR count). The summed E-state index contributed by atoms with van der Waals surface area (Å²) in [5, 5.41) is 9.87. The Morgan fingerprint density at radius 3 is 2.64 bits per heavy atom. The van der Waals surface area contributed by atoms with Crippen LogP contribution in [0.2, 0.25) is 0 Å². The average Bonchev–Trinajstić information content (AvgIpc) is 2.27. The van der Waals surface area contributed by atoms with Crippen LogP contribution in [0.3, 0.4) is 0 Å². The van der Waals surface area contributed by atoms with Crippen molar-refractivity contribution in [1.29, 1.82) is 0 Å². The zero-order valence-corrected chi connectivity index (χ0v) is 8.60. The Morgan fingerprint density at radius 1 is 1.82 bits per heavy atom. The van der Waals surface area contributed by atoms with Crippen molar-refractivity contribution in [3.05, 3.63) is 0 Å². The second-order valence-corrected chi connectivity index (χ2v) is 3.98. The van der Waals surface area contributed by atoms with Crippen LogP contribution in [-0.4, -0.2) is 36.5 Å². The highest BCUT2D eigenvalue weighted by molar-refractivity contribution is 9.09. The smallest absolute Gasteiger partial charge is 0.139 e. The van der Waals surface area contributed by atoms with Crippen molar-refractivity contribution in [1.82, 2.24) is 0 Å². The normalized spacial score (nSPS) is 44.6. The molecule has 0 aromatic heterocycles. The molecule has 2 nitrogen and oxygen atoms in total. The van der Waals surface area contributed by atoms with Crippen LogP contribution >= 0.6 is 15.9 Å². The number of hydrogen-bond acceptors (Lipinski definition) is 2. The molecular formula is C7H14BBrO2. The van der Waals surface area contributed by atoms with Gasteiger partial charge >= 0.3 is 0 Å². The summed E-state index contributed by atoms with van der Waals surface area (Å²) in [7, 11) is 2.05. The maximum Gasteiger partial charge on any atom is 0.139 e. The molecule has 1 N–H and O–H groups in total. The van der Waals surface area contributed by atoms with Crippen molar-refractivity contribution < 1.29 is 9.84 Å². The summed E-state index contributed by atoms with van der Waals surface area (Å²) in [6.45, 7) is 2.24. The van der Waals surface area contributed by atoms with Gasteiger partial charge in [0.2, 0.25) is 0 Å². The van der Waals surface area contributed by atoms with Gasteiger partial charge in [-0.15, -0.1) is 0 Å². The number of halogens is 1. The van der Waals surface area contributed by atoms with Gasteiger partial charge in [0.05, 0.1) is 6.61 Å². The quantitative estimate of drug-likeness (QED) is 0.530. The van der Waals surface area contributed by atoms with E-state index in [2.05, 4.69) is 30.7 Å². The zero-order chi connectivity index (χ0) is 8.48. The predicted octanol–water partition coefficient (Wildman–Crippen LogP) is 0.128. The van der Waals surface area contributed by atoms with Gasteiger partial charge in [0.1, 0.15) is 13.4 Å². The first-order valence-electron chi connectivity index (χ1n) is 3.99. The topological polar surface area (TPSA) is 29.5 Å². The molecule has 11 heavy (non-hydrogen) atoms. The lowest BCUT2D eigenvalue weighted by Crippen LogP contribution is -2.40. The SMILES string of the molecule is B[C@H]1CC(C)[C@](CO)(CBr)O1. The Balaban J connectivity index is 2.67. The lowest BCUT2D eigenvalue weighted by molar-refractivity contribution is -0.0497. The zero-order valence-electron chi connectivity index (χ0n) is 7.01. The Labute approximate surface area is 76.9 Å². The largest absolute Gasteiger partial charge is 0.393 e. The molecule has 0 radical (unpaired) electrons. The third-order valence-corrected chi connectivity index (χ3v) is 3.46. The van der Waals surface area contributed by atoms with E-state index in [0.29, 0.717) is 5.92 Å². The van der Waals surface area contributed by atoms with Crippen LogP contribution in [0.25, 0.3) is 0 Å². The molecule has 0 saturated carbocycles. The number of aliphatic hydroxyl groups excluding tert-OH is 1. The Bertz CT molecular complexity index is 138. The lowest BCUT2D eigenvalue weighted by Gasteiger charge is -2.28. The minimum Gasteiger partial charge on any atom is -0.393 e. The summed E-state index contributed by atoms with van der Waals surface area (Å²) in [5.41, 5.74) is -0.320. The van der Waals surface area contributed by atoms with Crippen LogP contribution in [0.1, 0.15) is 13.3 Å². The van der Waals surface area contributed by atoms with Crippen LogP contribution < -0.4 is 0 Å². The van der Waals surface area contributed by atoms with Crippen molar-refractivity contribution in [2.45, 2.75) is 24.9 Å². The van der Waals surface area contributed by atoms with Crippen LogP contribution in [-0.2, 0) is 4.74 Å². The highest BCUT2D eigenvalue weighted by Gasteiger charge is 2.43. The second-order valence-electron chi connectivity index (χ2n) is 3.42. The van der Waals surface area contributed by atoms with Gasteiger partial charge in [-0.1, -0.05) is 22.9 Å². The van der Waals surface area contributed by atoms with Crippen molar-refractivity contribution in [2.75, 3.05) is 11.9 Å². The Hall–Kier alpha value is 0.465. The molecule has 0 aromatic rings. The molecule has 1 aliphatic rings. The molecule has 3 atom stereocenters. The third-order valence-electron chi connectivity index (χ3n) is 2.51. The van der Waals surface area contributed by atoms with Crippen molar-refractivity contribution in [2.24, 2.45) is 5.92 Å². The van der Waals surface area contributed by atoms with E-state index >= 15 is 0 Å². The van der Waals surface area contributed by atoms with Crippen molar-refractivity contribution >= 4 is 23.8 Å². The van der Waals surface area contributed by atoms with Gasteiger partial charge in [-0.3, -0.25) is 0 Å². The fourth-order valence-corrected chi connectivity index (χ4v) is 2.54. The average molecular weight is 221 g/mol. The molecule has 4 heteroatoms. The molecule has 0 aromatic carbocycles. The summed E-state index contributed by atoms with van der Waals surface area (Å²) in [5.74, 6) is 0.446. The molecule has 0 spiro atoms. The fourth-order valence-electron chi connectivity index (χ4n) is 1.68. The van der Waals surface area contributed by atoms with E-state index in [9.17, 15) is 0 Å². The van der Waals surface area contributed by atoms with Crippen LogP contribution in [0, 0.1) is 5.92 Å². The van der Waals surface area contributed by atoms with E-state index in [1.165, 1.54) is 0 Å². The summed E-state index contributed by atoms with van der Waals surface area (Å²) in [6.07, 6.45) is 1.05. The van der Waals surface area contributed by atoms with Gasteiger partial charge in [-0.2, -0.15) is 0 Å². The standard InChI is InChI=1S/C7H14BBrO2/c1-5-2-6(8)11-7(5,3-9)4-10/h5-6,10H,2-4,8H2,1H3/t5?,6-,7-/m1/s1. The van der Waals surface area contributed by atoms with E-state index in [4.69, 9.17) is 9.84 Å². The van der Waals surface area contributed by atoms with E-state index < -0.39 is 0 Å². The lowest BCUT2D eigenvalue weighted by atomic mass is 9.87. The second kappa shape index (κ2) is 3.46. The van der Waals surface area contributed by atoms with E-state index in [1.807, 2.05) is 0 Å². The molecule has 1 saturated heterocycles. The van der Waals surface area contributed by atoms with Gasteiger partial charge in [0, 0.05) is 11.3 Å².